The van der Waals surface area contributed by atoms with Crippen LogP contribution in [0.4, 0.5) is 0 Å². The molecule has 2 heterocycles. The number of likely N-dealkylation sites (N-methyl/N-ethyl adjacent to an activating group) is 2. The van der Waals surface area contributed by atoms with Crippen molar-refractivity contribution in [3.8, 4) is 0 Å². The van der Waals surface area contributed by atoms with Gasteiger partial charge in [0.2, 0.25) is 31.9 Å². The molecule has 6 rings (SSSR count). The maximum atomic E-state index is 12.8. The number of fused-ring (bicyclic) bond motifs is 2. The molecule has 2 unspecified atom stereocenters. The van der Waals surface area contributed by atoms with Crippen molar-refractivity contribution in [3.63, 3.8) is 0 Å². The highest BCUT2D eigenvalue weighted by molar-refractivity contribution is 7.89. The number of rotatable bonds is 59. The zero-order chi connectivity index (χ0) is 75.6. The summed E-state index contributed by atoms with van der Waals surface area (Å²) >= 11 is 25.6. The van der Waals surface area contributed by atoms with E-state index in [-0.39, 0.29) is 72.6 Å². The van der Waals surface area contributed by atoms with Crippen LogP contribution in [0.2, 0.25) is 20.1 Å². The Labute approximate surface area is 641 Å². The lowest BCUT2D eigenvalue weighted by molar-refractivity contribution is -0.123. The number of hydrogen-bond donors (Lipinski definition) is 4. The molecule has 0 saturated carbocycles. The van der Waals surface area contributed by atoms with Crippen LogP contribution in [0.5, 0.6) is 0 Å². The molecule has 0 aromatic heterocycles. The predicted molar refractivity (Wildman–Crippen MR) is 401 cm³/mol. The number of nitrogens with zero attached hydrogens (tertiary/aromatic N) is 2. The third-order valence-electron chi connectivity index (χ3n) is 15.8. The van der Waals surface area contributed by atoms with Gasteiger partial charge >= 0.3 is 0 Å². The molecule has 4 N–H and O–H groups in total. The van der Waals surface area contributed by atoms with Crippen LogP contribution < -0.4 is 20.1 Å². The quantitative estimate of drug-likeness (QED) is 0.0323. The second-order valence-corrected chi connectivity index (χ2v) is 29.3. The summed E-state index contributed by atoms with van der Waals surface area (Å²) in [6, 6.07) is 21.2. The molecule has 0 fully saturated rings. The first-order chi connectivity index (χ1) is 50.9. The zero-order valence-electron chi connectivity index (χ0n) is 61.2. The van der Waals surface area contributed by atoms with Crippen molar-refractivity contribution in [3.05, 3.63) is 126 Å². The summed E-state index contributed by atoms with van der Waals surface area (Å²) in [5.74, 6) is -0.171. The molecule has 0 bridgehead atoms. The molecule has 0 spiro atoms. The molecule has 2 amide bonds. The minimum Gasteiger partial charge on any atom is -0.382 e. The van der Waals surface area contributed by atoms with Gasteiger partial charge in [0.05, 0.1) is 195 Å². The van der Waals surface area contributed by atoms with Crippen LogP contribution in [-0.2, 0) is 114 Å². The van der Waals surface area contributed by atoms with Gasteiger partial charge in [0.1, 0.15) is 0 Å². The highest BCUT2D eigenvalue weighted by Crippen LogP contribution is 2.40. The van der Waals surface area contributed by atoms with Gasteiger partial charge in [-0.25, -0.2) is 26.3 Å². The van der Waals surface area contributed by atoms with E-state index in [1.54, 1.807) is 43.5 Å². The van der Waals surface area contributed by atoms with Gasteiger partial charge in [-0.2, -0.15) is 0 Å². The molecule has 2 aliphatic heterocycles. The van der Waals surface area contributed by atoms with Gasteiger partial charge in [-0.3, -0.25) is 9.59 Å². The first-order valence-electron chi connectivity index (χ1n) is 35.5. The minimum atomic E-state index is -3.70. The molecule has 0 aliphatic carbocycles. The zero-order valence-corrected chi connectivity index (χ0v) is 65.8. The number of halogens is 4. The first kappa shape index (κ1) is 91.7. The summed E-state index contributed by atoms with van der Waals surface area (Å²) in [5.41, 5.74) is 6.19. The second kappa shape index (κ2) is 55.5. The predicted octanol–water partition coefficient (Wildman–Crippen LogP) is 7.00. The first-order valence-corrected chi connectivity index (χ1v) is 40.0. The number of nitrogens with one attached hydrogen (secondary N) is 4. The molecule has 27 nitrogen and oxygen atoms in total. The Hall–Kier alpha value is -3.88. The van der Waals surface area contributed by atoms with Gasteiger partial charge in [-0.15, -0.1) is 0 Å². The average molecular weight is 1600 g/mol. The highest BCUT2D eigenvalue weighted by atomic mass is 35.5. The monoisotopic (exact) mass is 1600 g/mol. The van der Waals surface area contributed by atoms with Gasteiger partial charge in [0.15, 0.2) is 0 Å². The van der Waals surface area contributed by atoms with E-state index >= 15 is 0 Å². The second-order valence-electron chi connectivity index (χ2n) is 24.1. The smallest absolute Gasteiger partial charge is 0.240 e. The maximum Gasteiger partial charge on any atom is 0.240 e. The topological polar surface area (TPSA) is 295 Å². The lowest BCUT2D eigenvalue weighted by atomic mass is 9.85. The van der Waals surface area contributed by atoms with E-state index in [9.17, 15) is 26.4 Å². The van der Waals surface area contributed by atoms with Crippen LogP contribution in [0.25, 0.3) is 0 Å². The highest BCUT2D eigenvalue weighted by Gasteiger charge is 2.30. The average Bonchev–Trinajstić information content (AvgIpc) is 0.791. The third kappa shape index (κ3) is 39.0. The summed E-state index contributed by atoms with van der Waals surface area (Å²) in [4.78, 5) is 28.5. The molecule has 594 valence electrons. The van der Waals surface area contributed by atoms with Crippen molar-refractivity contribution < 1.29 is 97.5 Å². The Morgan fingerprint density at radius 3 is 0.971 bits per heavy atom. The lowest BCUT2D eigenvalue weighted by Gasteiger charge is -2.33. The van der Waals surface area contributed by atoms with E-state index < -0.39 is 20.0 Å². The molecule has 105 heavy (non-hydrogen) atoms. The molecule has 4 aromatic rings. The maximum absolute atomic E-state index is 12.8. The number of carbonyl (C=O) groups is 2. The molecule has 0 radical (unpaired) electrons. The van der Waals surface area contributed by atoms with Crippen LogP contribution in [-0.4, -0.2) is 291 Å². The van der Waals surface area contributed by atoms with E-state index in [1.165, 1.54) is 0 Å². The van der Waals surface area contributed by atoms with E-state index in [2.05, 4.69) is 36.8 Å². The van der Waals surface area contributed by atoms with Crippen LogP contribution in [0, 0.1) is 0 Å². The summed E-state index contributed by atoms with van der Waals surface area (Å²) in [7, 11) is -1.70. The molecular weight excluding hydrogens is 1490 g/mol. The molecule has 2 atom stereocenters. The Bertz CT molecular complexity index is 3250. The normalized spacial score (nSPS) is 14.8. The van der Waals surface area contributed by atoms with Gasteiger partial charge in [-0.1, -0.05) is 77.6 Å². The van der Waals surface area contributed by atoms with Crippen LogP contribution in [0.15, 0.2) is 82.6 Å². The number of methoxy groups -OCH3 is 1. The van der Waals surface area contributed by atoms with Gasteiger partial charge < -0.3 is 91.5 Å². The van der Waals surface area contributed by atoms with Crippen molar-refractivity contribution in [2.24, 2.45) is 0 Å². The fraction of sp³-hybridized carbons (Fsp3) is 0.639. The van der Waals surface area contributed by atoms with E-state index in [4.69, 9.17) is 117 Å². The molecular formula is C72H110Cl4N6O21S2. The van der Waals surface area contributed by atoms with Gasteiger partial charge in [0, 0.05) is 111 Å². The summed E-state index contributed by atoms with van der Waals surface area (Å²) in [5, 5.41) is 8.00. The van der Waals surface area contributed by atoms with Crippen molar-refractivity contribution in [2.45, 2.75) is 60.9 Å². The fourth-order valence-corrected chi connectivity index (χ4v) is 13.8. The van der Waals surface area contributed by atoms with E-state index in [0.29, 0.717) is 205 Å². The minimum absolute atomic E-state index is 0.0208. The van der Waals surface area contributed by atoms with Crippen molar-refractivity contribution in [1.82, 2.24) is 29.9 Å². The van der Waals surface area contributed by atoms with Crippen LogP contribution >= 0.6 is 46.4 Å². The Morgan fingerprint density at radius 1 is 0.390 bits per heavy atom. The number of sulfonamides is 2. The van der Waals surface area contributed by atoms with Crippen molar-refractivity contribution >= 4 is 78.3 Å². The fourth-order valence-electron chi connectivity index (χ4n) is 10.6. The Kier molecular flexibility index (Phi) is 48.5. The van der Waals surface area contributed by atoms with Crippen molar-refractivity contribution in [2.75, 3.05) is 252 Å². The van der Waals surface area contributed by atoms with E-state index in [1.807, 2.05) is 50.5 Å². The SMILES string of the molecule is CCCOCCOCCOCCC(=O)NCCOCCOCCOCCNS(=O)(=O)c1ccc(C2CN(C)Cc3c(Cl)cc(Cl)cc32)cc1.COCCOCCOCCOCCOCCOCCC(=O)NCCOCCOCCOCCNS(=O)(=O)c1ccc(C2CN(C)Cc3c(Cl)cc(Cl)cc32)cc1. The number of ether oxygens (including phenoxy) is 15. The van der Waals surface area contributed by atoms with Crippen LogP contribution in [0.1, 0.15) is 71.4 Å². The standard InChI is InChI=1S/C38H59Cl2N3O12S.C34H51Cl2N3O9S/c1-43-29-35(34-27-32(39)28-37(40)36(34)30-43)31-3-5-33(6-4-31)56(45,46)42-9-12-50-17-20-53-19-16-49-11-8-41-38(44)7-10-48-15-18-52-23-24-55-26-25-54-22-21-51-14-13-47-2;1-3-11-43-15-19-47-20-16-44-12-8-34(40)37-9-13-45-17-21-48-22-18-46-14-10-38-49(41,42)29-6-4-27(5-7-29)31-25-39(2)26-32-30(31)23-28(35)24-33(32)36/h3-6,27-28,35,42H,7-26,29-30H2,1-2H3,(H,41,44);4-7,23-24,31,38H,3,8-22,25-26H2,1-2H3,(H,37,40). The summed E-state index contributed by atoms with van der Waals surface area (Å²) < 4.78 is 137. The van der Waals surface area contributed by atoms with Gasteiger partial charge in [-0.05, 0) is 102 Å². The van der Waals surface area contributed by atoms with Crippen molar-refractivity contribution in [1.29, 1.82) is 0 Å². The van der Waals surface area contributed by atoms with Crippen LogP contribution in [0.3, 0.4) is 0 Å². The Balaban J connectivity index is 0.000000380. The molecule has 0 saturated heterocycles. The lowest BCUT2D eigenvalue weighted by Crippen LogP contribution is -2.31. The summed E-state index contributed by atoms with van der Waals surface area (Å²) in [6.45, 7) is 18.3. The number of amides is 2. The summed E-state index contributed by atoms with van der Waals surface area (Å²) in [6.07, 6.45) is 1.52. The molecule has 33 heteroatoms. The Morgan fingerprint density at radius 2 is 0.667 bits per heavy atom. The molecule has 2 aliphatic rings. The van der Waals surface area contributed by atoms with Gasteiger partial charge in [0.25, 0.3) is 0 Å². The number of benzene rings is 4. The largest absolute Gasteiger partial charge is 0.382 e. The molecule has 4 aromatic carbocycles. The van der Waals surface area contributed by atoms with E-state index in [0.717, 1.165) is 72.6 Å². The number of carbonyl (C=O) groups excluding carboxylic acids is 2. The third-order valence-corrected chi connectivity index (χ3v) is 19.9. The number of hydrogen-bond acceptors (Lipinski definition) is 23.